The molecule has 0 aromatic carbocycles. The van der Waals surface area contributed by atoms with Crippen LogP contribution in [0.25, 0.3) is 0 Å². The molecule has 1 rings (SSSR count). The number of carbonyl (C=O) groups excluding carboxylic acids is 1. The molecule has 20 heavy (non-hydrogen) atoms. The molecule has 1 heterocycles. The van der Waals surface area contributed by atoms with Crippen LogP contribution in [0.4, 0.5) is 9.59 Å². The van der Waals surface area contributed by atoms with Gasteiger partial charge in [0.15, 0.2) is 0 Å². The standard InChI is InChI=1S/C14H24N2O4/c1-5-8-16(13(19)20-14(2,3)4)11-6-9-15(10-7-11)12(17)18/h5,11H,1,6-10H2,2-4H3,(H,17,18). The van der Waals surface area contributed by atoms with Gasteiger partial charge >= 0.3 is 12.2 Å². The Morgan fingerprint density at radius 1 is 1.40 bits per heavy atom. The van der Waals surface area contributed by atoms with Gasteiger partial charge in [0.1, 0.15) is 5.60 Å². The van der Waals surface area contributed by atoms with E-state index in [1.807, 2.05) is 20.8 Å². The summed E-state index contributed by atoms with van der Waals surface area (Å²) in [7, 11) is 0. The first kappa shape index (κ1) is 16.3. The van der Waals surface area contributed by atoms with Crippen molar-refractivity contribution in [2.45, 2.75) is 45.3 Å². The Labute approximate surface area is 120 Å². The van der Waals surface area contributed by atoms with Crippen LogP contribution in [0.3, 0.4) is 0 Å². The van der Waals surface area contributed by atoms with E-state index in [4.69, 9.17) is 9.84 Å². The van der Waals surface area contributed by atoms with Crippen LogP contribution >= 0.6 is 0 Å². The minimum atomic E-state index is -0.906. The minimum absolute atomic E-state index is 0.00144. The van der Waals surface area contributed by atoms with E-state index in [-0.39, 0.29) is 12.1 Å². The fraction of sp³-hybridized carbons (Fsp3) is 0.714. The largest absolute Gasteiger partial charge is 0.465 e. The summed E-state index contributed by atoms with van der Waals surface area (Å²) in [4.78, 5) is 26.1. The normalized spacial score (nSPS) is 16.6. The monoisotopic (exact) mass is 284 g/mol. The Bertz CT molecular complexity index is 368. The van der Waals surface area contributed by atoms with E-state index in [1.165, 1.54) is 4.90 Å². The minimum Gasteiger partial charge on any atom is -0.465 e. The van der Waals surface area contributed by atoms with E-state index in [1.54, 1.807) is 11.0 Å². The van der Waals surface area contributed by atoms with Gasteiger partial charge in [0.2, 0.25) is 0 Å². The van der Waals surface area contributed by atoms with Crippen LogP contribution in [-0.4, -0.2) is 58.4 Å². The maximum Gasteiger partial charge on any atom is 0.410 e. The molecule has 0 saturated carbocycles. The molecule has 0 bridgehead atoms. The summed E-state index contributed by atoms with van der Waals surface area (Å²) in [6.45, 7) is 10.4. The van der Waals surface area contributed by atoms with Crippen molar-refractivity contribution in [1.82, 2.24) is 9.80 Å². The summed E-state index contributed by atoms with van der Waals surface area (Å²) in [5, 5.41) is 8.93. The van der Waals surface area contributed by atoms with Gasteiger partial charge in [-0.15, -0.1) is 6.58 Å². The number of piperidine rings is 1. The van der Waals surface area contributed by atoms with Crippen LogP contribution in [-0.2, 0) is 4.74 Å². The highest BCUT2D eigenvalue weighted by molar-refractivity contribution is 5.69. The maximum absolute atomic E-state index is 12.2. The van der Waals surface area contributed by atoms with Crippen molar-refractivity contribution < 1.29 is 19.4 Å². The van der Waals surface area contributed by atoms with Crippen molar-refractivity contribution in [1.29, 1.82) is 0 Å². The van der Waals surface area contributed by atoms with Crippen LogP contribution in [0, 0.1) is 0 Å². The third-order valence-electron chi connectivity index (χ3n) is 3.13. The van der Waals surface area contributed by atoms with Crippen LogP contribution in [0.15, 0.2) is 12.7 Å². The molecule has 1 saturated heterocycles. The smallest absolute Gasteiger partial charge is 0.410 e. The molecule has 0 aromatic rings. The molecule has 2 amide bonds. The Hall–Kier alpha value is -1.72. The maximum atomic E-state index is 12.2. The van der Waals surface area contributed by atoms with Gasteiger partial charge in [0, 0.05) is 25.7 Å². The van der Waals surface area contributed by atoms with Crippen molar-refractivity contribution in [3.63, 3.8) is 0 Å². The molecule has 0 unspecified atom stereocenters. The van der Waals surface area contributed by atoms with Crippen molar-refractivity contribution in [3.05, 3.63) is 12.7 Å². The fourth-order valence-corrected chi connectivity index (χ4v) is 2.20. The Kier molecular flexibility index (Phi) is 5.42. The zero-order chi connectivity index (χ0) is 15.3. The van der Waals surface area contributed by atoms with E-state index < -0.39 is 11.7 Å². The first-order chi connectivity index (χ1) is 9.24. The lowest BCUT2D eigenvalue weighted by Crippen LogP contribution is -2.49. The lowest BCUT2D eigenvalue weighted by Gasteiger charge is -2.37. The number of nitrogens with zero attached hydrogens (tertiary/aromatic N) is 2. The molecule has 6 nitrogen and oxygen atoms in total. The average Bonchev–Trinajstić information content (AvgIpc) is 2.34. The first-order valence-corrected chi connectivity index (χ1v) is 6.83. The molecule has 0 aliphatic carbocycles. The zero-order valence-electron chi connectivity index (χ0n) is 12.5. The quantitative estimate of drug-likeness (QED) is 0.809. The van der Waals surface area contributed by atoms with E-state index >= 15 is 0 Å². The molecule has 0 spiro atoms. The van der Waals surface area contributed by atoms with Gasteiger partial charge in [0.25, 0.3) is 0 Å². The molecule has 114 valence electrons. The summed E-state index contributed by atoms with van der Waals surface area (Å²) in [6.07, 6.45) is 1.63. The van der Waals surface area contributed by atoms with Crippen LogP contribution in [0.2, 0.25) is 0 Å². The van der Waals surface area contributed by atoms with Gasteiger partial charge in [0.05, 0.1) is 0 Å². The Morgan fingerprint density at radius 3 is 2.35 bits per heavy atom. The summed E-state index contributed by atoms with van der Waals surface area (Å²) < 4.78 is 5.39. The third-order valence-corrected chi connectivity index (χ3v) is 3.13. The number of likely N-dealkylation sites (tertiary alicyclic amines) is 1. The van der Waals surface area contributed by atoms with Crippen molar-refractivity contribution in [2.75, 3.05) is 19.6 Å². The van der Waals surface area contributed by atoms with Gasteiger partial charge in [-0.3, -0.25) is 0 Å². The number of carboxylic acid groups (broad SMARTS) is 1. The molecular formula is C14H24N2O4. The molecule has 0 aromatic heterocycles. The molecule has 0 radical (unpaired) electrons. The lowest BCUT2D eigenvalue weighted by molar-refractivity contribution is 0.0121. The number of carbonyl (C=O) groups is 2. The van der Waals surface area contributed by atoms with Crippen LogP contribution < -0.4 is 0 Å². The number of rotatable bonds is 3. The van der Waals surface area contributed by atoms with E-state index in [0.29, 0.717) is 32.5 Å². The third kappa shape index (κ3) is 4.75. The van der Waals surface area contributed by atoms with E-state index in [2.05, 4.69) is 6.58 Å². The number of amides is 2. The van der Waals surface area contributed by atoms with Gasteiger partial charge in [-0.1, -0.05) is 6.08 Å². The summed E-state index contributed by atoms with van der Waals surface area (Å²) in [5.41, 5.74) is -0.543. The molecular weight excluding hydrogens is 260 g/mol. The average molecular weight is 284 g/mol. The van der Waals surface area contributed by atoms with Crippen LogP contribution in [0.5, 0.6) is 0 Å². The highest BCUT2D eigenvalue weighted by atomic mass is 16.6. The first-order valence-electron chi connectivity index (χ1n) is 6.83. The molecule has 1 fully saturated rings. The zero-order valence-corrected chi connectivity index (χ0v) is 12.5. The highest BCUT2D eigenvalue weighted by Gasteiger charge is 2.31. The van der Waals surface area contributed by atoms with E-state index in [0.717, 1.165) is 0 Å². The second-order valence-corrected chi connectivity index (χ2v) is 5.92. The van der Waals surface area contributed by atoms with Crippen molar-refractivity contribution >= 4 is 12.2 Å². The number of ether oxygens (including phenoxy) is 1. The van der Waals surface area contributed by atoms with Gasteiger partial charge in [-0.05, 0) is 33.6 Å². The van der Waals surface area contributed by atoms with Crippen molar-refractivity contribution in [2.24, 2.45) is 0 Å². The molecule has 0 atom stereocenters. The van der Waals surface area contributed by atoms with Gasteiger partial charge in [-0.25, -0.2) is 9.59 Å². The Balaban J connectivity index is 2.65. The summed E-state index contributed by atoms with van der Waals surface area (Å²) >= 11 is 0. The predicted molar refractivity (Wildman–Crippen MR) is 75.8 cm³/mol. The molecule has 1 aliphatic heterocycles. The summed E-state index contributed by atoms with van der Waals surface area (Å²) in [5.74, 6) is 0. The fourth-order valence-electron chi connectivity index (χ4n) is 2.20. The van der Waals surface area contributed by atoms with Crippen LogP contribution in [0.1, 0.15) is 33.6 Å². The molecule has 1 N–H and O–H groups in total. The molecule has 1 aliphatic rings. The SMILES string of the molecule is C=CCN(C(=O)OC(C)(C)C)C1CCN(C(=O)O)CC1. The van der Waals surface area contributed by atoms with Crippen molar-refractivity contribution in [3.8, 4) is 0 Å². The molecule has 6 heteroatoms. The topological polar surface area (TPSA) is 70.1 Å². The number of hydrogen-bond acceptors (Lipinski definition) is 3. The second kappa shape index (κ2) is 6.63. The second-order valence-electron chi connectivity index (χ2n) is 5.92. The van der Waals surface area contributed by atoms with Gasteiger partial charge < -0.3 is 19.6 Å². The lowest BCUT2D eigenvalue weighted by atomic mass is 10.0. The number of hydrogen-bond donors (Lipinski definition) is 1. The predicted octanol–water partition coefficient (Wildman–Crippen LogP) is 2.55. The highest BCUT2D eigenvalue weighted by Crippen LogP contribution is 2.19. The van der Waals surface area contributed by atoms with E-state index in [9.17, 15) is 9.59 Å². The summed E-state index contributed by atoms with van der Waals surface area (Å²) in [6, 6.07) is -0.00144. The van der Waals surface area contributed by atoms with Gasteiger partial charge in [-0.2, -0.15) is 0 Å². The Morgan fingerprint density at radius 2 is 1.95 bits per heavy atom.